The second-order valence-corrected chi connectivity index (χ2v) is 8.57. The molecule has 2 aliphatic rings. The van der Waals surface area contributed by atoms with E-state index in [4.69, 9.17) is 43.0 Å². The molecule has 1 saturated heterocycles. The molecule has 162 valence electrons. The Morgan fingerprint density at radius 2 is 1.66 bits per heavy atom. The molecule has 8 heteroatoms. The van der Waals surface area contributed by atoms with Crippen molar-refractivity contribution in [3.63, 3.8) is 0 Å². The first kappa shape index (κ1) is 23.9. The normalized spacial score (nSPS) is 22.2. The molecule has 0 unspecified atom stereocenters. The maximum Gasteiger partial charge on any atom is 0.414 e. The Morgan fingerprint density at radius 3 is 2.24 bits per heavy atom. The summed E-state index contributed by atoms with van der Waals surface area (Å²) in [6.45, 7) is 3.70. The summed E-state index contributed by atoms with van der Waals surface area (Å²) in [6, 6.07) is 7.50. The van der Waals surface area contributed by atoms with Crippen LogP contribution in [0.15, 0.2) is 18.2 Å². The number of carboxylic acid groups (broad SMARTS) is 2. The number of aliphatic carboxylic acids is 2. The fraction of sp³-hybridized carbons (Fsp3) is 0.619. The van der Waals surface area contributed by atoms with Crippen LogP contribution in [0.4, 0.5) is 0 Å². The van der Waals surface area contributed by atoms with Gasteiger partial charge < -0.3 is 15.1 Å². The summed E-state index contributed by atoms with van der Waals surface area (Å²) in [5.74, 6) is -3.65. The number of likely N-dealkylation sites (tertiary alicyclic amines) is 1. The molecule has 2 atom stereocenters. The van der Waals surface area contributed by atoms with Crippen LogP contribution in [0.3, 0.4) is 0 Å². The molecule has 1 aromatic rings. The van der Waals surface area contributed by atoms with Crippen LogP contribution < -0.4 is 0 Å². The van der Waals surface area contributed by atoms with Crippen LogP contribution in [0.5, 0.6) is 0 Å². The molecule has 1 aromatic carbocycles. The number of rotatable bonds is 5. The predicted molar refractivity (Wildman–Crippen MR) is 115 cm³/mol. The van der Waals surface area contributed by atoms with Gasteiger partial charge in [-0.15, -0.1) is 0 Å². The highest BCUT2D eigenvalue weighted by atomic mass is 35.5. The summed E-state index contributed by atoms with van der Waals surface area (Å²) in [5.41, 5.74) is 1.28. The molecule has 29 heavy (non-hydrogen) atoms. The molecule has 6 nitrogen and oxygen atoms in total. The van der Waals surface area contributed by atoms with E-state index in [0.717, 1.165) is 19.0 Å². The van der Waals surface area contributed by atoms with E-state index in [2.05, 4.69) is 22.9 Å². The van der Waals surface area contributed by atoms with Crippen molar-refractivity contribution in [1.82, 2.24) is 9.80 Å². The first-order chi connectivity index (χ1) is 13.8. The minimum atomic E-state index is -1.82. The monoisotopic (exact) mass is 444 g/mol. The molecule has 0 amide bonds. The van der Waals surface area contributed by atoms with E-state index in [0.29, 0.717) is 16.1 Å². The average Bonchev–Trinajstić information content (AvgIpc) is 3.24. The Kier molecular flexibility index (Phi) is 9.69. The lowest BCUT2D eigenvalue weighted by Gasteiger charge is -2.42. The van der Waals surface area contributed by atoms with Gasteiger partial charge in [0, 0.05) is 18.6 Å². The Bertz CT molecular complexity index is 683. The number of benzene rings is 1. The molecule has 1 saturated carbocycles. The van der Waals surface area contributed by atoms with Crippen molar-refractivity contribution < 1.29 is 19.8 Å². The second-order valence-electron chi connectivity index (χ2n) is 7.75. The van der Waals surface area contributed by atoms with Crippen LogP contribution in [-0.2, 0) is 16.0 Å². The number of nitrogens with zero attached hydrogens (tertiary/aromatic N) is 2. The number of carboxylic acids is 2. The van der Waals surface area contributed by atoms with Crippen molar-refractivity contribution in [3.05, 3.63) is 33.8 Å². The average molecular weight is 445 g/mol. The molecule has 0 aromatic heterocycles. The zero-order valence-electron chi connectivity index (χ0n) is 16.8. The smallest absolute Gasteiger partial charge is 0.414 e. The fourth-order valence-electron chi connectivity index (χ4n) is 4.27. The van der Waals surface area contributed by atoms with E-state index in [1.165, 1.54) is 57.2 Å². The third-order valence-electron chi connectivity index (χ3n) is 5.79. The number of likely N-dealkylation sites (N-methyl/N-ethyl adjacent to an activating group) is 1. The van der Waals surface area contributed by atoms with E-state index in [1.54, 1.807) is 0 Å². The minimum absolute atomic E-state index is 0.644. The van der Waals surface area contributed by atoms with Crippen LogP contribution in [0.25, 0.3) is 0 Å². The van der Waals surface area contributed by atoms with Crippen LogP contribution in [-0.4, -0.2) is 70.7 Å². The van der Waals surface area contributed by atoms with E-state index in [1.807, 2.05) is 12.1 Å². The molecular weight excluding hydrogens is 415 g/mol. The quantitative estimate of drug-likeness (QED) is 0.667. The zero-order valence-corrected chi connectivity index (χ0v) is 18.3. The Hall–Kier alpha value is -1.34. The van der Waals surface area contributed by atoms with E-state index in [-0.39, 0.29) is 0 Å². The van der Waals surface area contributed by atoms with Gasteiger partial charge in [-0.05, 0) is 69.9 Å². The lowest BCUT2D eigenvalue weighted by molar-refractivity contribution is -0.159. The van der Waals surface area contributed by atoms with Gasteiger partial charge in [-0.1, -0.05) is 42.1 Å². The van der Waals surface area contributed by atoms with Crippen molar-refractivity contribution in [3.8, 4) is 0 Å². The van der Waals surface area contributed by atoms with Crippen molar-refractivity contribution in [2.24, 2.45) is 0 Å². The number of hydrogen-bond donors (Lipinski definition) is 2. The zero-order chi connectivity index (χ0) is 21.4. The Morgan fingerprint density at radius 1 is 1.03 bits per heavy atom. The van der Waals surface area contributed by atoms with Crippen molar-refractivity contribution in [2.75, 3.05) is 26.7 Å². The van der Waals surface area contributed by atoms with Gasteiger partial charge in [0.05, 0.1) is 10.0 Å². The standard InChI is InChI=1S/C19H28Cl2N2.C2H2O4/c1-22(13-10-15-8-9-16(20)17(21)14-15)18-6-2-3-7-19(18)23-11-4-5-12-23;3-1(4)2(5)6/h8-9,14,18-19H,2-7,10-13H2,1H3;(H,3,4)(H,5,6)/t18-,19+;/m1./s1. The molecule has 1 heterocycles. The summed E-state index contributed by atoms with van der Waals surface area (Å²) in [5, 5.41) is 16.1. The second kappa shape index (κ2) is 11.7. The van der Waals surface area contributed by atoms with Gasteiger partial charge in [-0.25, -0.2) is 9.59 Å². The lowest BCUT2D eigenvalue weighted by Crippen LogP contribution is -2.51. The first-order valence-electron chi connectivity index (χ1n) is 10.1. The van der Waals surface area contributed by atoms with Crippen molar-refractivity contribution in [1.29, 1.82) is 0 Å². The maximum absolute atomic E-state index is 9.10. The van der Waals surface area contributed by atoms with Gasteiger partial charge in [-0.2, -0.15) is 0 Å². The molecule has 1 aliphatic carbocycles. The highest BCUT2D eigenvalue weighted by Gasteiger charge is 2.33. The van der Waals surface area contributed by atoms with E-state index >= 15 is 0 Å². The molecule has 0 radical (unpaired) electrons. The highest BCUT2D eigenvalue weighted by molar-refractivity contribution is 6.42. The van der Waals surface area contributed by atoms with E-state index in [9.17, 15) is 0 Å². The summed E-state index contributed by atoms with van der Waals surface area (Å²) in [7, 11) is 2.30. The summed E-state index contributed by atoms with van der Waals surface area (Å²) >= 11 is 12.1. The topological polar surface area (TPSA) is 81.1 Å². The van der Waals surface area contributed by atoms with Gasteiger partial charge in [0.1, 0.15) is 0 Å². The molecule has 2 N–H and O–H groups in total. The molecule has 0 spiro atoms. The van der Waals surface area contributed by atoms with Crippen LogP contribution in [0.2, 0.25) is 10.0 Å². The molecule has 3 rings (SSSR count). The van der Waals surface area contributed by atoms with Gasteiger partial charge in [-0.3, -0.25) is 4.90 Å². The maximum atomic E-state index is 9.10. The van der Waals surface area contributed by atoms with E-state index < -0.39 is 11.9 Å². The van der Waals surface area contributed by atoms with Gasteiger partial charge in [0.15, 0.2) is 0 Å². The summed E-state index contributed by atoms with van der Waals surface area (Å²) in [6.07, 6.45) is 9.31. The Balaban J connectivity index is 0.000000438. The van der Waals surface area contributed by atoms with Crippen molar-refractivity contribution in [2.45, 2.75) is 57.0 Å². The van der Waals surface area contributed by atoms with Crippen LogP contribution in [0, 0.1) is 0 Å². The number of hydrogen-bond acceptors (Lipinski definition) is 4. The van der Waals surface area contributed by atoms with Gasteiger partial charge >= 0.3 is 11.9 Å². The lowest BCUT2D eigenvalue weighted by atomic mass is 9.88. The SMILES string of the molecule is CN(CCc1ccc(Cl)c(Cl)c1)[C@@H]1CCCC[C@@H]1N1CCCC1.O=C(O)C(=O)O. The van der Waals surface area contributed by atoms with Crippen LogP contribution in [0.1, 0.15) is 44.1 Å². The Labute approximate surface area is 182 Å². The summed E-state index contributed by atoms with van der Waals surface area (Å²) in [4.78, 5) is 23.5. The molecule has 1 aliphatic heterocycles. The summed E-state index contributed by atoms with van der Waals surface area (Å²) < 4.78 is 0. The third-order valence-corrected chi connectivity index (χ3v) is 6.53. The predicted octanol–water partition coefficient (Wildman–Crippen LogP) is 4.03. The molecule has 2 fully saturated rings. The number of halogens is 2. The first-order valence-corrected chi connectivity index (χ1v) is 10.9. The fourth-order valence-corrected chi connectivity index (χ4v) is 4.59. The van der Waals surface area contributed by atoms with Gasteiger partial charge in [0.2, 0.25) is 0 Å². The molecular formula is C21H30Cl2N2O4. The minimum Gasteiger partial charge on any atom is -0.473 e. The van der Waals surface area contributed by atoms with Crippen LogP contribution >= 0.6 is 23.2 Å². The van der Waals surface area contributed by atoms with Crippen molar-refractivity contribution >= 4 is 35.1 Å². The largest absolute Gasteiger partial charge is 0.473 e. The number of carbonyl (C=O) groups is 2. The van der Waals surface area contributed by atoms with Gasteiger partial charge in [0.25, 0.3) is 0 Å². The molecule has 0 bridgehead atoms. The highest BCUT2D eigenvalue weighted by Crippen LogP contribution is 2.29. The third kappa shape index (κ3) is 7.45.